The summed E-state index contributed by atoms with van der Waals surface area (Å²) in [6.07, 6.45) is 9.83. The Morgan fingerprint density at radius 1 is 1.09 bits per heavy atom. The fourth-order valence-electron chi connectivity index (χ4n) is 3.06. The topological polar surface area (TPSA) is 54.0 Å². The number of para-hydroxylation sites is 1. The predicted molar refractivity (Wildman–Crippen MR) is 92.6 cm³/mol. The molecule has 1 fully saturated rings. The molecular weight excluding hydrogens is 286 g/mol. The maximum atomic E-state index is 12.6. The van der Waals surface area contributed by atoms with Gasteiger partial charge in [0, 0.05) is 17.5 Å². The largest absolute Gasteiger partial charge is 0.367 e. The van der Waals surface area contributed by atoms with Crippen LogP contribution in [0.4, 0.5) is 5.82 Å². The Labute approximate surface area is 136 Å². The number of hydrogen-bond donors (Lipinski definition) is 2. The molecule has 1 aromatic carbocycles. The number of amides is 1. The first-order valence-corrected chi connectivity index (χ1v) is 8.42. The van der Waals surface area contributed by atoms with E-state index in [1.165, 1.54) is 0 Å². The van der Waals surface area contributed by atoms with E-state index >= 15 is 0 Å². The van der Waals surface area contributed by atoms with Gasteiger partial charge in [-0.15, -0.1) is 0 Å². The Balaban J connectivity index is 1.67. The van der Waals surface area contributed by atoms with Gasteiger partial charge in [0.15, 0.2) is 0 Å². The zero-order valence-electron chi connectivity index (χ0n) is 13.1. The fraction of sp³-hybridized carbons (Fsp3) is 0.368. The van der Waals surface area contributed by atoms with Gasteiger partial charge in [-0.05, 0) is 44.2 Å². The molecule has 1 unspecified atom stereocenters. The van der Waals surface area contributed by atoms with Gasteiger partial charge in [-0.1, -0.05) is 30.4 Å². The van der Waals surface area contributed by atoms with Gasteiger partial charge in [0.2, 0.25) is 0 Å². The van der Waals surface area contributed by atoms with E-state index in [1.54, 1.807) is 0 Å². The van der Waals surface area contributed by atoms with Crippen LogP contribution in [0.2, 0.25) is 0 Å². The Bertz CT molecular complexity index is 764. The Morgan fingerprint density at radius 3 is 2.74 bits per heavy atom. The van der Waals surface area contributed by atoms with Crippen molar-refractivity contribution in [1.82, 2.24) is 10.3 Å². The highest BCUT2D eigenvalue weighted by molar-refractivity contribution is 6.07. The third kappa shape index (κ3) is 3.21. The molecule has 2 aliphatic rings. The number of hydrogen-bond acceptors (Lipinski definition) is 3. The molecule has 2 aromatic rings. The highest BCUT2D eigenvalue weighted by Gasteiger charge is 2.25. The molecule has 4 heteroatoms. The van der Waals surface area contributed by atoms with Crippen molar-refractivity contribution in [3.05, 3.63) is 48.0 Å². The number of allylic oxidation sites excluding steroid dienone is 1. The molecule has 1 atom stereocenters. The van der Waals surface area contributed by atoms with Crippen LogP contribution in [0.1, 0.15) is 42.5 Å². The SMILES string of the molecule is O=C(NC1CC1)c1cc(NC2CC=CCC2)nc2ccccc12. The second-order valence-electron chi connectivity index (χ2n) is 6.45. The molecule has 1 heterocycles. The van der Waals surface area contributed by atoms with Crippen molar-refractivity contribution in [3.63, 3.8) is 0 Å². The van der Waals surface area contributed by atoms with E-state index in [0.29, 0.717) is 12.1 Å². The molecule has 0 saturated heterocycles. The van der Waals surface area contributed by atoms with E-state index < -0.39 is 0 Å². The minimum Gasteiger partial charge on any atom is -0.367 e. The number of benzene rings is 1. The number of carbonyl (C=O) groups excluding carboxylic acids is 1. The van der Waals surface area contributed by atoms with E-state index in [1.807, 2.05) is 30.3 Å². The summed E-state index contributed by atoms with van der Waals surface area (Å²) in [5.41, 5.74) is 1.58. The first kappa shape index (κ1) is 14.2. The fourth-order valence-corrected chi connectivity index (χ4v) is 3.06. The third-order valence-corrected chi connectivity index (χ3v) is 4.49. The molecule has 2 N–H and O–H groups in total. The number of pyridine rings is 1. The molecule has 23 heavy (non-hydrogen) atoms. The van der Waals surface area contributed by atoms with Crippen LogP contribution < -0.4 is 10.6 Å². The van der Waals surface area contributed by atoms with Gasteiger partial charge < -0.3 is 10.6 Å². The summed E-state index contributed by atoms with van der Waals surface area (Å²) in [6, 6.07) is 10.5. The normalized spacial score (nSPS) is 20.4. The lowest BCUT2D eigenvalue weighted by Gasteiger charge is -2.20. The number of anilines is 1. The Kier molecular flexibility index (Phi) is 3.74. The summed E-state index contributed by atoms with van der Waals surface area (Å²) in [4.78, 5) is 17.3. The molecule has 1 amide bonds. The summed E-state index contributed by atoms with van der Waals surface area (Å²) in [5, 5.41) is 7.50. The standard InChI is InChI=1S/C19H21N3O/c23-19(21-14-10-11-14)16-12-18(20-13-6-2-1-3-7-13)22-17-9-5-4-8-15(16)17/h1-2,4-5,8-9,12-14H,3,6-7,10-11H2,(H,20,22)(H,21,23). The monoisotopic (exact) mass is 307 g/mol. The molecular formula is C19H21N3O. The van der Waals surface area contributed by atoms with Gasteiger partial charge in [-0.3, -0.25) is 4.79 Å². The zero-order chi connectivity index (χ0) is 15.6. The summed E-state index contributed by atoms with van der Waals surface area (Å²) in [7, 11) is 0. The molecule has 118 valence electrons. The number of carbonyl (C=O) groups is 1. The maximum absolute atomic E-state index is 12.6. The number of nitrogens with zero attached hydrogens (tertiary/aromatic N) is 1. The number of rotatable bonds is 4. The lowest BCUT2D eigenvalue weighted by atomic mass is 10.0. The molecule has 4 nitrogen and oxygen atoms in total. The van der Waals surface area contributed by atoms with Crippen LogP contribution in [0.3, 0.4) is 0 Å². The van der Waals surface area contributed by atoms with E-state index in [0.717, 1.165) is 54.4 Å². The molecule has 0 aliphatic heterocycles. The smallest absolute Gasteiger partial charge is 0.252 e. The van der Waals surface area contributed by atoms with Crippen LogP contribution in [-0.2, 0) is 0 Å². The highest BCUT2D eigenvalue weighted by Crippen LogP contribution is 2.25. The highest BCUT2D eigenvalue weighted by atomic mass is 16.1. The Hall–Kier alpha value is -2.36. The first-order valence-electron chi connectivity index (χ1n) is 8.42. The van der Waals surface area contributed by atoms with Gasteiger partial charge in [-0.25, -0.2) is 4.98 Å². The summed E-state index contributed by atoms with van der Waals surface area (Å²) in [6.45, 7) is 0. The second kappa shape index (κ2) is 6.03. The van der Waals surface area contributed by atoms with Crippen molar-refractivity contribution in [2.45, 2.75) is 44.2 Å². The number of aromatic nitrogens is 1. The van der Waals surface area contributed by atoms with Crippen LogP contribution in [0.25, 0.3) is 10.9 Å². The van der Waals surface area contributed by atoms with E-state index in [9.17, 15) is 4.79 Å². The average Bonchev–Trinajstić information content (AvgIpc) is 3.39. The van der Waals surface area contributed by atoms with Crippen molar-refractivity contribution >= 4 is 22.6 Å². The summed E-state index contributed by atoms with van der Waals surface area (Å²) < 4.78 is 0. The molecule has 1 aromatic heterocycles. The van der Waals surface area contributed by atoms with Gasteiger partial charge in [0.25, 0.3) is 5.91 Å². The van der Waals surface area contributed by atoms with Crippen molar-refractivity contribution in [1.29, 1.82) is 0 Å². The summed E-state index contributed by atoms with van der Waals surface area (Å²) in [5.74, 6) is 0.808. The molecule has 4 rings (SSSR count). The number of nitrogens with one attached hydrogen (secondary N) is 2. The first-order chi connectivity index (χ1) is 11.3. The van der Waals surface area contributed by atoms with Crippen molar-refractivity contribution in [3.8, 4) is 0 Å². The van der Waals surface area contributed by atoms with Gasteiger partial charge in [0.1, 0.15) is 5.82 Å². The predicted octanol–water partition coefficient (Wildman–Crippen LogP) is 3.65. The van der Waals surface area contributed by atoms with Crippen molar-refractivity contribution in [2.24, 2.45) is 0 Å². The third-order valence-electron chi connectivity index (χ3n) is 4.49. The van der Waals surface area contributed by atoms with E-state index in [-0.39, 0.29) is 5.91 Å². The van der Waals surface area contributed by atoms with Crippen LogP contribution >= 0.6 is 0 Å². The zero-order valence-corrected chi connectivity index (χ0v) is 13.1. The minimum absolute atomic E-state index is 0.0117. The Morgan fingerprint density at radius 2 is 1.96 bits per heavy atom. The van der Waals surface area contributed by atoms with E-state index in [4.69, 9.17) is 4.98 Å². The maximum Gasteiger partial charge on any atom is 0.252 e. The summed E-state index contributed by atoms with van der Waals surface area (Å²) >= 11 is 0. The van der Waals surface area contributed by atoms with Gasteiger partial charge in [0.05, 0.1) is 11.1 Å². The minimum atomic E-state index is 0.0117. The van der Waals surface area contributed by atoms with Crippen LogP contribution in [0, 0.1) is 0 Å². The number of fused-ring (bicyclic) bond motifs is 1. The molecule has 0 bridgehead atoms. The van der Waals surface area contributed by atoms with Crippen LogP contribution in [0.15, 0.2) is 42.5 Å². The molecule has 2 aliphatic carbocycles. The molecule has 1 saturated carbocycles. The lowest BCUT2D eigenvalue weighted by Crippen LogP contribution is -2.26. The lowest BCUT2D eigenvalue weighted by molar-refractivity contribution is 0.0952. The molecule has 0 spiro atoms. The van der Waals surface area contributed by atoms with Crippen LogP contribution in [0.5, 0.6) is 0 Å². The van der Waals surface area contributed by atoms with Gasteiger partial charge >= 0.3 is 0 Å². The van der Waals surface area contributed by atoms with Crippen molar-refractivity contribution in [2.75, 3.05) is 5.32 Å². The quantitative estimate of drug-likeness (QED) is 0.848. The second-order valence-corrected chi connectivity index (χ2v) is 6.45. The van der Waals surface area contributed by atoms with Crippen LogP contribution in [-0.4, -0.2) is 23.0 Å². The van der Waals surface area contributed by atoms with Gasteiger partial charge in [-0.2, -0.15) is 0 Å². The average molecular weight is 307 g/mol. The molecule has 0 radical (unpaired) electrons. The van der Waals surface area contributed by atoms with Crippen molar-refractivity contribution < 1.29 is 4.79 Å². The van der Waals surface area contributed by atoms with E-state index in [2.05, 4.69) is 22.8 Å².